The molecule has 5 rings (SSSR count). The van der Waals surface area contributed by atoms with Gasteiger partial charge in [0.1, 0.15) is 11.4 Å². The molecule has 0 spiro atoms. The number of nitrogens with one attached hydrogen (secondary N) is 2. The van der Waals surface area contributed by atoms with E-state index in [0.717, 1.165) is 46.6 Å². The Bertz CT molecular complexity index is 1550. The highest BCUT2D eigenvalue weighted by Crippen LogP contribution is 2.44. The van der Waals surface area contributed by atoms with E-state index >= 15 is 0 Å². The predicted octanol–water partition coefficient (Wildman–Crippen LogP) is 7.52. The number of rotatable bonds is 7. The molecule has 0 unspecified atom stereocenters. The number of hydrogen-bond donors (Lipinski definition) is 2. The van der Waals surface area contributed by atoms with Gasteiger partial charge in [-0.2, -0.15) is 0 Å². The second-order valence-electron chi connectivity index (χ2n) is 11.7. The first kappa shape index (κ1) is 30.4. The van der Waals surface area contributed by atoms with Crippen LogP contribution in [0.1, 0.15) is 80.4 Å². The Hall–Kier alpha value is -4.11. The summed E-state index contributed by atoms with van der Waals surface area (Å²) >= 11 is 1.63. The Morgan fingerprint density at radius 3 is 2.49 bits per heavy atom. The minimum absolute atomic E-state index is 0.277. The first-order valence-electron chi connectivity index (χ1n) is 14.8. The molecule has 0 bridgehead atoms. The summed E-state index contributed by atoms with van der Waals surface area (Å²) in [5.41, 5.74) is 5.66. The van der Waals surface area contributed by atoms with Gasteiger partial charge in [0.2, 0.25) is 0 Å². The zero-order chi connectivity index (χ0) is 30.6. The molecule has 43 heavy (non-hydrogen) atoms. The molecule has 9 heteroatoms. The monoisotopic (exact) mass is 602 g/mol. The highest BCUT2D eigenvalue weighted by molar-refractivity contribution is 7.13. The van der Waals surface area contributed by atoms with E-state index in [-0.39, 0.29) is 11.9 Å². The van der Waals surface area contributed by atoms with E-state index in [1.54, 1.807) is 30.4 Å². The molecule has 8 nitrogen and oxygen atoms in total. The van der Waals surface area contributed by atoms with Crippen molar-refractivity contribution in [3.05, 3.63) is 75.7 Å². The number of esters is 1. The Morgan fingerprint density at radius 1 is 0.977 bits per heavy atom. The fourth-order valence-electron chi connectivity index (χ4n) is 5.39. The molecule has 2 heterocycles. The first-order valence-corrected chi connectivity index (χ1v) is 15.6. The molecular formula is C34H38N2O6S. The molecule has 2 amide bonds. The fraction of sp³-hybridized carbons (Fsp3) is 0.382. The number of ether oxygens (including phenoxy) is 3. The standard InChI is InChI=1S/C34H38N2O6S/c1-5-40-32(38)25-9-7-6-8-24(25)26-19-29-28(30-22(14-16-41-29)15-17-43-30)18-27(26)31(37)36-23-12-10-21(11-13-23)20-35-33(39)42-34(2,3)4/h10-13,15,17-19H,5-9,14,16,20H2,1-4H3,(H,35,39)(H,36,37). The molecule has 2 aliphatic rings. The van der Waals surface area contributed by atoms with E-state index in [0.29, 0.717) is 55.0 Å². The van der Waals surface area contributed by atoms with Gasteiger partial charge < -0.3 is 24.8 Å². The molecule has 3 aromatic rings. The van der Waals surface area contributed by atoms with E-state index in [1.807, 2.05) is 45.0 Å². The van der Waals surface area contributed by atoms with Crippen LogP contribution in [0, 0.1) is 0 Å². The Balaban J connectivity index is 1.46. The summed E-state index contributed by atoms with van der Waals surface area (Å²) in [5, 5.41) is 7.85. The lowest BCUT2D eigenvalue weighted by Gasteiger charge is -2.23. The molecule has 0 saturated carbocycles. The summed E-state index contributed by atoms with van der Waals surface area (Å²) in [7, 11) is 0. The van der Waals surface area contributed by atoms with Crippen molar-refractivity contribution in [3.63, 3.8) is 0 Å². The Morgan fingerprint density at radius 2 is 1.74 bits per heavy atom. The average Bonchev–Trinajstić information content (AvgIpc) is 3.37. The van der Waals surface area contributed by atoms with Crippen molar-refractivity contribution in [1.29, 1.82) is 0 Å². The number of fused-ring (bicyclic) bond motifs is 3. The van der Waals surface area contributed by atoms with Crippen molar-refractivity contribution in [2.24, 2.45) is 0 Å². The van der Waals surface area contributed by atoms with Crippen molar-refractivity contribution >= 4 is 40.6 Å². The minimum atomic E-state index is -0.575. The number of alkyl carbamates (subject to hydrolysis) is 1. The van der Waals surface area contributed by atoms with Crippen molar-refractivity contribution in [2.75, 3.05) is 18.5 Å². The number of carbonyl (C=O) groups is 3. The number of carbonyl (C=O) groups excluding carboxylic acids is 3. The van der Waals surface area contributed by atoms with Gasteiger partial charge >= 0.3 is 12.1 Å². The lowest BCUT2D eigenvalue weighted by atomic mass is 9.84. The van der Waals surface area contributed by atoms with Gasteiger partial charge in [0.25, 0.3) is 5.91 Å². The number of thiophene rings is 1. The summed E-state index contributed by atoms with van der Waals surface area (Å²) in [6, 6.07) is 13.2. The number of allylic oxidation sites excluding steroid dienone is 1. The van der Waals surface area contributed by atoms with Crippen LogP contribution in [0.4, 0.5) is 10.5 Å². The van der Waals surface area contributed by atoms with Crippen LogP contribution < -0.4 is 15.4 Å². The third kappa shape index (κ3) is 7.28. The third-order valence-electron chi connectivity index (χ3n) is 7.35. The SMILES string of the molecule is CCOC(=O)C1=C(c2cc3c(cc2C(=O)Nc2ccc(CNC(=O)OC(C)(C)C)cc2)-c2sccc2CCO3)CCCC1. The smallest absolute Gasteiger partial charge is 0.407 e. The molecule has 1 aromatic heterocycles. The number of benzene rings is 2. The maximum Gasteiger partial charge on any atom is 0.407 e. The quantitative estimate of drug-likeness (QED) is 0.271. The summed E-state index contributed by atoms with van der Waals surface area (Å²) in [6.07, 6.45) is 3.41. The van der Waals surface area contributed by atoms with Crippen LogP contribution >= 0.6 is 11.3 Å². The van der Waals surface area contributed by atoms with Gasteiger partial charge in [-0.1, -0.05) is 12.1 Å². The molecule has 0 radical (unpaired) electrons. The topological polar surface area (TPSA) is 103 Å². The van der Waals surface area contributed by atoms with Crippen LogP contribution in [0.25, 0.3) is 16.0 Å². The third-order valence-corrected chi connectivity index (χ3v) is 8.34. The summed E-state index contributed by atoms with van der Waals surface area (Å²) in [6.45, 7) is 8.37. The van der Waals surface area contributed by atoms with Gasteiger partial charge in [0.05, 0.1) is 13.2 Å². The van der Waals surface area contributed by atoms with Crippen molar-refractivity contribution in [3.8, 4) is 16.2 Å². The Labute approximate surface area is 256 Å². The first-order chi connectivity index (χ1) is 20.6. The number of hydrogen-bond acceptors (Lipinski definition) is 7. The molecule has 0 fully saturated rings. The maximum absolute atomic E-state index is 14.0. The largest absolute Gasteiger partial charge is 0.493 e. The van der Waals surface area contributed by atoms with Gasteiger partial charge in [-0.25, -0.2) is 9.59 Å². The fourth-order valence-corrected chi connectivity index (χ4v) is 6.37. The van der Waals surface area contributed by atoms with Gasteiger partial charge in [0.15, 0.2) is 0 Å². The van der Waals surface area contributed by atoms with Gasteiger partial charge in [-0.05, 0) is 111 Å². The molecule has 0 saturated heterocycles. The molecular weight excluding hydrogens is 564 g/mol. The van der Waals surface area contributed by atoms with Crippen molar-refractivity contribution < 1.29 is 28.6 Å². The summed E-state index contributed by atoms with van der Waals surface area (Å²) in [5.74, 6) is 0.118. The highest BCUT2D eigenvalue weighted by atomic mass is 32.1. The van der Waals surface area contributed by atoms with Gasteiger partial charge in [0, 0.05) is 40.2 Å². The molecule has 1 aliphatic heterocycles. The van der Waals surface area contributed by atoms with Crippen LogP contribution in [-0.2, 0) is 27.2 Å². The second kappa shape index (κ2) is 13.0. The lowest BCUT2D eigenvalue weighted by Crippen LogP contribution is -2.32. The summed E-state index contributed by atoms with van der Waals surface area (Å²) < 4.78 is 16.9. The van der Waals surface area contributed by atoms with Crippen LogP contribution in [0.3, 0.4) is 0 Å². The van der Waals surface area contributed by atoms with Crippen molar-refractivity contribution in [2.45, 2.75) is 71.9 Å². The zero-order valence-electron chi connectivity index (χ0n) is 25.1. The normalized spacial score (nSPS) is 14.5. The minimum Gasteiger partial charge on any atom is -0.493 e. The van der Waals surface area contributed by atoms with Crippen LogP contribution in [0.2, 0.25) is 0 Å². The second-order valence-corrected chi connectivity index (χ2v) is 12.6. The summed E-state index contributed by atoms with van der Waals surface area (Å²) in [4.78, 5) is 40.1. The highest BCUT2D eigenvalue weighted by Gasteiger charge is 2.28. The number of amides is 2. The molecule has 0 atom stereocenters. The molecule has 2 N–H and O–H groups in total. The van der Waals surface area contributed by atoms with E-state index in [4.69, 9.17) is 14.2 Å². The van der Waals surface area contributed by atoms with Crippen LogP contribution in [0.5, 0.6) is 5.75 Å². The van der Waals surface area contributed by atoms with Crippen LogP contribution in [0.15, 0.2) is 53.4 Å². The predicted molar refractivity (Wildman–Crippen MR) is 168 cm³/mol. The Kier molecular flexibility index (Phi) is 9.20. The van der Waals surface area contributed by atoms with E-state index in [9.17, 15) is 14.4 Å². The molecule has 2 aromatic carbocycles. The van der Waals surface area contributed by atoms with Crippen LogP contribution in [-0.4, -0.2) is 36.8 Å². The van der Waals surface area contributed by atoms with E-state index in [2.05, 4.69) is 22.1 Å². The maximum atomic E-state index is 14.0. The van der Waals surface area contributed by atoms with Gasteiger partial charge in [-0.3, -0.25) is 4.79 Å². The number of anilines is 1. The zero-order valence-corrected chi connectivity index (χ0v) is 25.9. The van der Waals surface area contributed by atoms with E-state index < -0.39 is 11.7 Å². The van der Waals surface area contributed by atoms with Gasteiger partial charge in [-0.15, -0.1) is 11.3 Å². The molecule has 226 valence electrons. The van der Waals surface area contributed by atoms with Crippen molar-refractivity contribution in [1.82, 2.24) is 5.32 Å². The van der Waals surface area contributed by atoms with E-state index in [1.165, 1.54) is 5.56 Å². The average molecular weight is 603 g/mol. The molecule has 1 aliphatic carbocycles. The lowest BCUT2D eigenvalue weighted by molar-refractivity contribution is -0.138.